The van der Waals surface area contributed by atoms with Gasteiger partial charge in [-0.2, -0.15) is 0 Å². The Hall–Kier alpha value is -2.00. The summed E-state index contributed by atoms with van der Waals surface area (Å²) >= 11 is 0. The minimum absolute atomic E-state index is 0. The van der Waals surface area contributed by atoms with Crippen LogP contribution in [0.3, 0.4) is 0 Å². The van der Waals surface area contributed by atoms with Gasteiger partial charge in [-0.25, -0.2) is 4.99 Å². The van der Waals surface area contributed by atoms with Crippen LogP contribution >= 0.6 is 24.0 Å². The number of nitrogens with one attached hydrogen (secondary N) is 2. The number of aliphatic imine (C=N–C) groups is 1. The second-order valence-corrected chi connectivity index (χ2v) is 7.24. The third-order valence-corrected chi connectivity index (χ3v) is 4.19. The van der Waals surface area contributed by atoms with Crippen LogP contribution in [-0.4, -0.2) is 51.3 Å². The van der Waals surface area contributed by atoms with Crippen LogP contribution in [0.15, 0.2) is 53.5 Å². The van der Waals surface area contributed by atoms with Gasteiger partial charge in [0.15, 0.2) is 5.96 Å². The third kappa shape index (κ3) is 9.67. The standard InChI is InChI=1S/C23H34N4O2.HI/c1-6-24-23(26-16-19-9-7-10-20(13-19)17-27(3)4)25-15-18(2)29-22-12-8-11-21(14-22)28-5;/h7-14,18H,6,15-17H2,1-5H3,(H2,24,25,26);1H. The number of halogens is 1. The molecule has 0 aromatic heterocycles. The van der Waals surface area contributed by atoms with E-state index in [1.165, 1.54) is 11.1 Å². The van der Waals surface area contributed by atoms with Crippen molar-refractivity contribution in [2.24, 2.45) is 4.99 Å². The SMILES string of the molecule is CCNC(=NCc1cccc(CN(C)C)c1)NCC(C)Oc1cccc(OC)c1.I. The second kappa shape index (κ2) is 14.1. The molecule has 2 rings (SSSR count). The highest BCUT2D eigenvalue weighted by Crippen LogP contribution is 2.19. The van der Waals surface area contributed by atoms with E-state index >= 15 is 0 Å². The first kappa shape index (κ1) is 26.0. The summed E-state index contributed by atoms with van der Waals surface area (Å²) in [5, 5.41) is 6.65. The first-order valence-corrected chi connectivity index (χ1v) is 10.1. The van der Waals surface area contributed by atoms with Crippen molar-refractivity contribution in [3.63, 3.8) is 0 Å². The average molecular weight is 526 g/mol. The van der Waals surface area contributed by atoms with Crippen LogP contribution in [0.1, 0.15) is 25.0 Å². The number of hydrogen-bond acceptors (Lipinski definition) is 4. The monoisotopic (exact) mass is 526 g/mol. The molecule has 0 radical (unpaired) electrons. The van der Waals surface area contributed by atoms with Crippen molar-refractivity contribution in [2.75, 3.05) is 34.3 Å². The largest absolute Gasteiger partial charge is 0.497 e. The Balaban J connectivity index is 0.00000450. The molecule has 2 aromatic carbocycles. The molecule has 6 nitrogen and oxygen atoms in total. The van der Waals surface area contributed by atoms with Gasteiger partial charge in [0, 0.05) is 19.2 Å². The molecule has 0 saturated carbocycles. The topological polar surface area (TPSA) is 58.1 Å². The Morgan fingerprint density at radius 2 is 1.73 bits per heavy atom. The van der Waals surface area contributed by atoms with E-state index in [0.29, 0.717) is 13.1 Å². The molecule has 0 heterocycles. The minimum Gasteiger partial charge on any atom is -0.497 e. The van der Waals surface area contributed by atoms with E-state index in [4.69, 9.17) is 14.5 Å². The molecule has 0 amide bonds. The summed E-state index contributed by atoms with van der Waals surface area (Å²) in [6, 6.07) is 16.2. The third-order valence-electron chi connectivity index (χ3n) is 4.19. The number of methoxy groups -OCH3 is 1. The molecule has 0 saturated heterocycles. The molecule has 0 spiro atoms. The van der Waals surface area contributed by atoms with Crippen molar-refractivity contribution in [1.82, 2.24) is 15.5 Å². The molecule has 0 aliphatic carbocycles. The quantitative estimate of drug-likeness (QED) is 0.280. The normalized spacial score (nSPS) is 12.1. The van der Waals surface area contributed by atoms with Crippen molar-refractivity contribution in [3.8, 4) is 11.5 Å². The van der Waals surface area contributed by atoms with E-state index in [-0.39, 0.29) is 30.1 Å². The van der Waals surface area contributed by atoms with Crippen molar-refractivity contribution >= 4 is 29.9 Å². The lowest BCUT2D eigenvalue weighted by Crippen LogP contribution is -2.41. The van der Waals surface area contributed by atoms with Crippen LogP contribution in [-0.2, 0) is 13.1 Å². The average Bonchev–Trinajstić information content (AvgIpc) is 2.70. The number of ether oxygens (including phenoxy) is 2. The van der Waals surface area contributed by atoms with Gasteiger partial charge in [0.1, 0.15) is 17.6 Å². The van der Waals surface area contributed by atoms with Crippen molar-refractivity contribution in [3.05, 3.63) is 59.7 Å². The molecule has 2 aromatic rings. The zero-order chi connectivity index (χ0) is 21.1. The van der Waals surface area contributed by atoms with E-state index < -0.39 is 0 Å². The van der Waals surface area contributed by atoms with Crippen molar-refractivity contribution in [1.29, 1.82) is 0 Å². The van der Waals surface area contributed by atoms with Gasteiger partial charge < -0.3 is 25.0 Å². The maximum atomic E-state index is 5.97. The predicted molar refractivity (Wildman–Crippen MR) is 135 cm³/mol. The zero-order valence-corrected chi connectivity index (χ0v) is 21.0. The molecule has 30 heavy (non-hydrogen) atoms. The predicted octanol–water partition coefficient (Wildman–Crippen LogP) is 3.90. The number of hydrogen-bond donors (Lipinski definition) is 2. The van der Waals surface area contributed by atoms with Crippen LogP contribution < -0.4 is 20.1 Å². The van der Waals surface area contributed by atoms with Gasteiger partial charge in [-0.3, -0.25) is 0 Å². The lowest BCUT2D eigenvalue weighted by molar-refractivity contribution is 0.223. The Labute approximate surface area is 198 Å². The molecular formula is C23H35IN4O2. The minimum atomic E-state index is -0.0191. The maximum Gasteiger partial charge on any atom is 0.191 e. The van der Waals surface area contributed by atoms with E-state index in [1.807, 2.05) is 31.2 Å². The molecule has 166 valence electrons. The summed E-state index contributed by atoms with van der Waals surface area (Å²) in [6.07, 6.45) is -0.0191. The summed E-state index contributed by atoms with van der Waals surface area (Å²) in [5.41, 5.74) is 2.49. The molecule has 0 fully saturated rings. The molecule has 0 bridgehead atoms. The van der Waals surface area contributed by atoms with Gasteiger partial charge in [-0.1, -0.05) is 30.3 Å². The maximum absolute atomic E-state index is 5.97. The fourth-order valence-corrected chi connectivity index (χ4v) is 2.89. The van der Waals surface area contributed by atoms with Gasteiger partial charge >= 0.3 is 0 Å². The number of guanidine groups is 1. The van der Waals surface area contributed by atoms with Crippen LogP contribution in [0.5, 0.6) is 11.5 Å². The first-order valence-electron chi connectivity index (χ1n) is 10.1. The second-order valence-electron chi connectivity index (χ2n) is 7.24. The molecule has 2 N–H and O–H groups in total. The fraction of sp³-hybridized carbons (Fsp3) is 0.435. The van der Waals surface area contributed by atoms with E-state index in [1.54, 1.807) is 7.11 Å². The number of nitrogens with zero attached hydrogens (tertiary/aromatic N) is 2. The lowest BCUT2D eigenvalue weighted by atomic mass is 10.1. The summed E-state index contributed by atoms with van der Waals surface area (Å²) in [6.45, 7) is 7.09. The summed E-state index contributed by atoms with van der Waals surface area (Å²) in [7, 11) is 5.80. The van der Waals surface area contributed by atoms with Gasteiger partial charge in [0.05, 0.1) is 20.2 Å². The fourth-order valence-electron chi connectivity index (χ4n) is 2.89. The van der Waals surface area contributed by atoms with Gasteiger partial charge in [0.2, 0.25) is 0 Å². The summed E-state index contributed by atoms with van der Waals surface area (Å²) in [4.78, 5) is 6.88. The lowest BCUT2D eigenvalue weighted by Gasteiger charge is -2.18. The highest BCUT2D eigenvalue weighted by Gasteiger charge is 2.07. The number of benzene rings is 2. The van der Waals surface area contributed by atoms with Crippen LogP contribution in [0.25, 0.3) is 0 Å². The van der Waals surface area contributed by atoms with Gasteiger partial charge in [-0.15, -0.1) is 24.0 Å². The van der Waals surface area contributed by atoms with Gasteiger partial charge in [0.25, 0.3) is 0 Å². The van der Waals surface area contributed by atoms with E-state index in [2.05, 4.69) is 60.8 Å². The smallest absolute Gasteiger partial charge is 0.191 e. The van der Waals surface area contributed by atoms with Crippen molar-refractivity contribution in [2.45, 2.75) is 33.0 Å². The van der Waals surface area contributed by atoms with Crippen LogP contribution in [0.2, 0.25) is 0 Å². The molecule has 7 heteroatoms. The summed E-state index contributed by atoms with van der Waals surface area (Å²) < 4.78 is 11.2. The Morgan fingerprint density at radius 3 is 2.43 bits per heavy atom. The molecule has 0 aliphatic heterocycles. The molecular weight excluding hydrogens is 491 g/mol. The molecule has 1 unspecified atom stereocenters. The highest BCUT2D eigenvalue weighted by molar-refractivity contribution is 14.0. The van der Waals surface area contributed by atoms with Crippen molar-refractivity contribution < 1.29 is 9.47 Å². The number of rotatable bonds is 10. The van der Waals surface area contributed by atoms with Crippen LogP contribution in [0.4, 0.5) is 0 Å². The molecule has 1 atom stereocenters. The van der Waals surface area contributed by atoms with Crippen LogP contribution in [0, 0.1) is 0 Å². The van der Waals surface area contributed by atoms with Gasteiger partial charge in [-0.05, 0) is 51.2 Å². The zero-order valence-electron chi connectivity index (χ0n) is 18.6. The Bertz CT molecular complexity index is 783. The Kier molecular flexibility index (Phi) is 12.2. The molecule has 0 aliphatic rings. The first-order chi connectivity index (χ1) is 14.0. The van der Waals surface area contributed by atoms with E-state index in [0.717, 1.165) is 30.5 Å². The highest BCUT2D eigenvalue weighted by atomic mass is 127. The summed E-state index contributed by atoms with van der Waals surface area (Å²) in [5.74, 6) is 2.36. The Morgan fingerprint density at radius 1 is 1.03 bits per heavy atom. The van der Waals surface area contributed by atoms with E-state index in [9.17, 15) is 0 Å².